The summed E-state index contributed by atoms with van der Waals surface area (Å²) in [5.41, 5.74) is 1.71. The van der Waals surface area contributed by atoms with Crippen LogP contribution in [0.15, 0.2) is 42.5 Å². The van der Waals surface area contributed by atoms with E-state index in [1.165, 1.54) is 0 Å². The Balaban J connectivity index is 2.03. The van der Waals surface area contributed by atoms with Gasteiger partial charge in [0.15, 0.2) is 5.82 Å². The maximum Gasteiger partial charge on any atom is 0.226 e. The quantitative estimate of drug-likeness (QED) is 0.830. The monoisotopic (exact) mass is 255 g/mol. The molecule has 1 amide bonds. The van der Waals surface area contributed by atoms with Crippen LogP contribution in [-0.2, 0) is 9.59 Å². The lowest BCUT2D eigenvalue weighted by Gasteiger charge is -2.03. The molecule has 0 aliphatic heterocycles. The molecule has 2 rings (SSSR count). The fourth-order valence-electron chi connectivity index (χ4n) is 1.56. The van der Waals surface area contributed by atoms with Crippen molar-refractivity contribution in [3.05, 3.63) is 42.5 Å². The second kappa shape index (κ2) is 6.39. The molecule has 0 aliphatic rings. The Morgan fingerprint density at radius 1 is 1.11 bits per heavy atom. The van der Waals surface area contributed by atoms with Crippen LogP contribution in [0.2, 0.25) is 0 Å². The van der Waals surface area contributed by atoms with Gasteiger partial charge in [0.05, 0.1) is 5.69 Å². The zero-order valence-electron chi connectivity index (χ0n) is 10.2. The first-order valence-electron chi connectivity index (χ1n) is 5.92. The summed E-state index contributed by atoms with van der Waals surface area (Å²) in [7, 11) is 0. The fourth-order valence-corrected chi connectivity index (χ4v) is 1.56. The Labute approximate surface area is 110 Å². The Morgan fingerprint density at radius 2 is 1.89 bits per heavy atom. The molecule has 2 aromatic rings. The van der Waals surface area contributed by atoms with Crippen LogP contribution in [0, 0.1) is 0 Å². The lowest BCUT2D eigenvalue weighted by molar-refractivity contribution is -0.118. The SMILES string of the molecule is O=CCCC(=O)Nc1ccc(-c2ccccc2)nn1. The van der Waals surface area contributed by atoms with Crippen molar-refractivity contribution in [1.82, 2.24) is 10.2 Å². The highest BCUT2D eigenvalue weighted by molar-refractivity contribution is 5.90. The number of carbonyl (C=O) groups excluding carboxylic acids is 2. The highest BCUT2D eigenvalue weighted by atomic mass is 16.1. The van der Waals surface area contributed by atoms with E-state index >= 15 is 0 Å². The zero-order valence-corrected chi connectivity index (χ0v) is 10.2. The standard InChI is InChI=1S/C14H13N3O2/c18-10-4-7-14(19)15-13-9-8-12(16-17-13)11-5-2-1-3-6-11/h1-3,5-6,8-10H,4,7H2,(H,15,17,19). The Bertz CT molecular complexity index is 553. The number of hydrogen-bond donors (Lipinski definition) is 1. The molecule has 0 bridgehead atoms. The van der Waals surface area contributed by atoms with E-state index in [9.17, 15) is 9.59 Å². The van der Waals surface area contributed by atoms with Gasteiger partial charge < -0.3 is 10.1 Å². The van der Waals surface area contributed by atoms with Gasteiger partial charge in [0.2, 0.25) is 5.91 Å². The van der Waals surface area contributed by atoms with Crippen LogP contribution in [0.5, 0.6) is 0 Å². The van der Waals surface area contributed by atoms with Gasteiger partial charge in [0.25, 0.3) is 0 Å². The van der Waals surface area contributed by atoms with Gasteiger partial charge in [-0.2, -0.15) is 0 Å². The maximum atomic E-state index is 11.4. The van der Waals surface area contributed by atoms with Gasteiger partial charge >= 0.3 is 0 Å². The Morgan fingerprint density at radius 3 is 2.53 bits per heavy atom. The predicted molar refractivity (Wildman–Crippen MR) is 71.4 cm³/mol. The average molecular weight is 255 g/mol. The summed E-state index contributed by atoms with van der Waals surface area (Å²) in [4.78, 5) is 21.5. The topological polar surface area (TPSA) is 72.0 Å². The van der Waals surface area contributed by atoms with E-state index in [2.05, 4.69) is 15.5 Å². The maximum absolute atomic E-state index is 11.4. The minimum absolute atomic E-state index is 0.158. The molecule has 0 radical (unpaired) electrons. The van der Waals surface area contributed by atoms with Gasteiger partial charge in [-0.1, -0.05) is 30.3 Å². The summed E-state index contributed by atoms with van der Waals surface area (Å²) in [6, 6.07) is 13.1. The highest BCUT2D eigenvalue weighted by Gasteiger charge is 2.04. The summed E-state index contributed by atoms with van der Waals surface area (Å²) in [5.74, 6) is 0.143. The van der Waals surface area contributed by atoms with E-state index < -0.39 is 0 Å². The van der Waals surface area contributed by atoms with Gasteiger partial charge in [-0.15, -0.1) is 10.2 Å². The number of benzene rings is 1. The summed E-state index contributed by atoms with van der Waals surface area (Å²) in [6.45, 7) is 0. The first kappa shape index (κ1) is 12.9. The minimum Gasteiger partial charge on any atom is -0.309 e. The summed E-state index contributed by atoms with van der Waals surface area (Å²) >= 11 is 0. The lowest BCUT2D eigenvalue weighted by Crippen LogP contribution is -2.12. The van der Waals surface area contributed by atoms with Crippen molar-refractivity contribution in [3.63, 3.8) is 0 Å². The molecule has 0 fully saturated rings. The van der Waals surface area contributed by atoms with Crippen LogP contribution >= 0.6 is 0 Å². The fraction of sp³-hybridized carbons (Fsp3) is 0.143. The van der Waals surface area contributed by atoms with Crippen molar-refractivity contribution in [2.24, 2.45) is 0 Å². The molecule has 1 N–H and O–H groups in total. The van der Waals surface area contributed by atoms with Crippen molar-refractivity contribution in [1.29, 1.82) is 0 Å². The van der Waals surface area contributed by atoms with Crippen LogP contribution in [0.25, 0.3) is 11.3 Å². The zero-order chi connectivity index (χ0) is 13.5. The highest BCUT2D eigenvalue weighted by Crippen LogP contribution is 2.16. The van der Waals surface area contributed by atoms with E-state index in [0.717, 1.165) is 11.3 Å². The van der Waals surface area contributed by atoms with Crippen molar-refractivity contribution in [3.8, 4) is 11.3 Å². The second-order valence-corrected chi connectivity index (χ2v) is 3.92. The molecular weight excluding hydrogens is 242 g/mol. The Hall–Kier alpha value is -2.56. The molecule has 1 aromatic heterocycles. The number of nitrogens with one attached hydrogen (secondary N) is 1. The van der Waals surface area contributed by atoms with E-state index in [1.807, 2.05) is 30.3 Å². The average Bonchev–Trinajstić information content (AvgIpc) is 2.47. The van der Waals surface area contributed by atoms with E-state index in [-0.39, 0.29) is 18.7 Å². The van der Waals surface area contributed by atoms with Gasteiger partial charge in [0, 0.05) is 18.4 Å². The molecule has 0 spiro atoms. The molecule has 0 atom stereocenters. The molecule has 1 heterocycles. The van der Waals surface area contributed by atoms with Gasteiger partial charge in [-0.05, 0) is 12.1 Å². The van der Waals surface area contributed by atoms with Gasteiger partial charge in [-0.3, -0.25) is 4.79 Å². The third kappa shape index (κ3) is 3.70. The van der Waals surface area contributed by atoms with Crippen LogP contribution in [0.1, 0.15) is 12.8 Å². The van der Waals surface area contributed by atoms with Crippen molar-refractivity contribution < 1.29 is 9.59 Å². The number of rotatable bonds is 5. The molecule has 5 nitrogen and oxygen atoms in total. The van der Waals surface area contributed by atoms with Crippen molar-refractivity contribution in [2.45, 2.75) is 12.8 Å². The largest absolute Gasteiger partial charge is 0.309 e. The molecule has 0 saturated carbocycles. The number of anilines is 1. The third-order valence-corrected chi connectivity index (χ3v) is 2.49. The summed E-state index contributed by atoms with van der Waals surface area (Å²) in [5, 5.41) is 10.6. The molecule has 0 saturated heterocycles. The molecule has 0 aliphatic carbocycles. The number of aromatic nitrogens is 2. The molecular formula is C14H13N3O2. The first-order valence-corrected chi connectivity index (χ1v) is 5.92. The van der Waals surface area contributed by atoms with Crippen LogP contribution in [0.4, 0.5) is 5.82 Å². The third-order valence-electron chi connectivity index (χ3n) is 2.49. The molecule has 5 heteroatoms. The number of aldehydes is 1. The van der Waals surface area contributed by atoms with Crippen LogP contribution < -0.4 is 5.32 Å². The molecule has 1 aromatic carbocycles. The van der Waals surface area contributed by atoms with Crippen molar-refractivity contribution >= 4 is 18.0 Å². The summed E-state index contributed by atoms with van der Waals surface area (Å²) in [6.07, 6.45) is 1.08. The first-order chi connectivity index (χ1) is 9.29. The van der Waals surface area contributed by atoms with E-state index in [1.54, 1.807) is 12.1 Å². The smallest absolute Gasteiger partial charge is 0.226 e. The van der Waals surface area contributed by atoms with E-state index in [0.29, 0.717) is 12.1 Å². The Kier molecular flexibility index (Phi) is 4.34. The number of carbonyl (C=O) groups is 2. The van der Waals surface area contributed by atoms with Gasteiger partial charge in [0.1, 0.15) is 6.29 Å². The molecule has 0 unspecified atom stereocenters. The molecule has 19 heavy (non-hydrogen) atoms. The molecule has 96 valence electrons. The number of amides is 1. The van der Waals surface area contributed by atoms with Crippen molar-refractivity contribution in [2.75, 3.05) is 5.32 Å². The second-order valence-electron chi connectivity index (χ2n) is 3.92. The van der Waals surface area contributed by atoms with Gasteiger partial charge in [-0.25, -0.2) is 0 Å². The van der Waals surface area contributed by atoms with Crippen LogP contribution in [-0.4, -0.2) is 22.4 Å². The minimum atomic E-state index is -0.242. The predicted octanol–water partition coefficient (Wildman–Crippen LogP) is 2.06. The van der Waals surface area contributed by atoms with Crippen LogP contribution in [0.3, 0.4) is 0 Å². The normalized spacial score (nSPS) is 9.89. The number of hydrogen-bond acceptors (Lipinski definition) is 4. The number of nitrogens with zero attached hydrogens (tertiary/aromatic N) is 2. The summed E-state index contributed by atoms with van der Waals surface area (Å²) < 4.78 is 0. The lowest BCUT2D eigenvalue weighted by atomic mass is 10.1. The van der Waals surface area contributed by atoms with E-state index in [4.69, 9.17) is 0 Å².